The molecule has 0 saturated carbocycles. The third-order valence-electron chi connectivity index (χ3n) is 2.91. The van der Waals surface area contributed by atoms with Crippen molar-refractivity contribution in [2.45, 2.75) is 19.5 Å². The van der Waals surface area contributed by atoms with E-state index in [9.17, 15) is 9.18 Å². The van der Waals surface area contributed by atoms with Gasteiger partial charge in [-0.15, -0.1) is 0 Å². The maximum absolute atomic E-state index is 13.7. The van der Waals surface area contributed by atoms with Crippen LogP contribution in [0, 0.1) is 5.82 Å². The first-order valence-electron chi connectivity index (χ1n) is 5.54. The van der Waals surface area contributed by atoms with Gasteiger partial charge < -0.3 is 10.2 Å². The molecular weight excluding hydrogens is 243 g/mol. The Hall–Kier alpha value is -1.13. The molecule has 1 aromatic rings. The average Bonchev–Trinajstić information content (AvgIpc) is 2.31. The molecule has 0 aliphatic carbocycles. The maximum Gasteiger partial charge on any atom is 0.239 e. The molecule has 1 heterocycles. The lowest BCUT2D eigenvalue weighted by molar-refractivity contribution is -0.135. The number of carbonyl (C=O) groups excluding carboxylic acids is 1. The van der Waals surface area contributed by atoms with E-state index in [0.29, 0.717) is 12.1 Å². The van der Waals surface area contributed by atoms with Crippen LogP contribution >= 0.6 is 11.6 Å². The molecule has 5 heteroatoms. The summed E-state index contributed by atoms with van der Waals surface area (Å²) in [7, 11) is 0. The molecule has 17 heavy (non-hydrogen) atoms. The smallest absolute Gasteiger partial charge is 0.239 e. The minimum absolute atomic E-state index is 0.00405. The van der Waals surface area contributed by atoms with Gasteiger partial charge in [0.2, 0.25) is 5.91 Å². The van der Waals surface area contributed by atoms with Crippen molar-refractivity contribution >= 4 is 17.5 Å². The summed E-state index contributed by atoms with van der Waals surface area (Å²) >= 11 is 5.71. The van der Waals surface area contributed by atoms with Crippen LogP contribution in [-0.2, 0) is 11.3 Å². The molecule has 0 aromatic heterocycles. The molecule has 1 aromatic carbocycles. The average molecular weight is 257 g/mol. The van der Waals surface area contributed by atoms with Crippen molar-refractivity contribution in [2.24, 2.45) is 0 Å². The van der Waals surface area contributed by atoms with Gasteiger partial charge in [-0.3, -0.25) is 4.79 Å². The van der Waals surface area contributed by atoms with E-state index in [4.69, 9.17) is 11.6 Å². The molecule has 1 fully saturated rings. The molecule has 1 saturated heterocycles. The second-order valence-electron chi connectivity index (χ2n) is 4.15. The highest BCUT2D eigenvalue weighted by molar-refractivity contribution is 6.30. The molecule has 0 spiro atoms. The Balaban J connectivity index is 2.15. The van der Waals surface area contributed by atoms with E-state index in [1.165, 1.54) is 6.07 Å². The zero-order valence-electron chi connectivity index (χ0n) is 9.54. The maximum atomic E-state index is 13.7. The Morgan fingerprint density at radius 3 is 3.12 bits per heavy atom. The van der Waals surface area contributed by atoms with Crippen molar-refractivity contribution in [3.8, 4) is 0 Å². The van der Waals surface area contributed by atoms with Gasteiger partial charge in [0, 0.05) is 25.2 Å². The van der Waals surface area contributed by atoms with Gasteiger partial charge in [-0.25, -0.2) is 4.39 Å². The zero-order chi connectivity index (χ0) is 12.4. The summed E-state index contributed by atoms with van der Waals surface area (Å²) in [5.41, 5.74) is 0.458. The minimum atomic E-state index is -0.437. The van der Waals surface area contributed by atoms with Gasteiger partial charge in [-0.1, -0.05) is 23.7 Å². The second-order valence-corrected chi connectivity index (χ2v) is 4.56. The molecule has 1 atom stereocenters. The molecule has 0 bridgehead atoms. The summed E-state index contributed by atoms with van der Waals surface area (Å²) < 4.78 is 13.7. The van der Waals surface area contributed by atoms with E-state index >= 15 is 0 Å². The number of carbonyl (C=O) groups is 1. The summed E-state index contributed by atoms with van der Waals surface area (Å²) in [6.45, 7) is 3.41. The number of benzene rings is 1. The Morgan fingerprint density at radius 2 is 2.35 bits per heavy atom. The summed E-state index contributed by atoms with van der Waals surface area (Å²) in [6.07, 6.45) is 0. The third-order valence-corrected chi connectivity index (χ3v) is 3.20. The van der Waals surface area contributed by atoms with Crippen molar-refractivity contribution in [1.82, 2.24) is 10.2 Å². The van der Waals surface area contributed by atoms with Crippen molar-refractivity contribution in [2.75, 3.05) is 13.1 Å². The second kappa shape index (κ2) is 5.02. The van der Waals surface area contributed by atoms with Crippen molar-refractivity contribution in [3.63, 3.8) is 0 Å². The van der Waals surface area contributed by atoms with Crippen molar-refractivity contribution in [1.29, 1.82) is 0 Å². The van der Waals surface area contributed by atoms with Crippen LogP contribution in [0.4, 0.5) is 4.39 Å². The first-order valence-corrected chi connectivity index (χ1v) is 5.92. The quantitative estimate of drug-likeness (QED) is 0.875. The first kappa shape index (κ1) is 12.3. The molecule has 1 aliphatic rings. The highest BCUT2D eigenvalue weighted by Crippen LogP contribution is 2.19. The Labute approximate surface area is 105 Å². The van der Waals surface area contributed by atoms with Gasteiger partial charge in [-0.2, -0.15) is 0 Å². The molecule has 1 aliphatic heterocycles. The van der Waals surface area contributed by atoms with Gasteiger partial charge in [0.25, 0.3) is 0 Å². The summed E-state index contributed by atoms with van der Waals surface area (Å²) in [5, 5.41) is 3.16. The van der Waals surface area contributed by atoms with E-state index < -0.39 is 5.82 Å². The third kappa shape index (κ3) is 2.58. The van der Waals surface area contributed by atoms with E-state index in [-0.39, 0.29) is 23.5 Å². The van der Waals surface area contributed by atoms with Gasteiger partial charge in [0.1, 0.15) is 5.82 Å². The van der Waals surface area contributed by atoms with Crippen LogP contribution in [0.2, 0.25) is 5.02 Å². The molecule has 1 N–H and O–H groups in total. The van der Waals surface area contributed by atoms with Gasteiger partial charge in [0.05, 0.1) is 11.1 Å². The number of hydrogen-bond donors (Lipinski definition) is 1. The van der Waals surface area contributed by atoms with E-state index in [2.05, 4.69) is 5.32 Å². The molecule has 1 amide bonds. The molecule has 0 radical (unpaired) electrons. The lowest BCUT2D eigenvalue weighted by Gasteiger charge is -2.31. The van der Waals surface area contributed by atoms with Crippen molar-refractivity contribution < 1.29 is 9.18 Å². The highest BCUT2D eigenvalue weighted by atomic mass is 35.5. The number of nitrogens with zero attached hydrogens (tertiary/aromatic N) is 1. The van der Waals surface area contributed by atoms with E-state index in [1.807, 2.05) is 6.92 Å². The Bertz CT molecular complexity index is 439. The number of halogens is 2. The standard InChI is InChI=1S/C12H14ClFN2O/c1-8-12(17)16(6-5-15-8)7-9-3-2-4-10(13)11(9)14/h2-4,8,15H,5-7H2,1H3. The molecular formula is C12H14ClFN2O. The SMILES string of the molecule is CC1NCCN(Cc2cccc(Cl)c2F)C1=O. The molecule has 3 nitrogen and oxygen atoms in total. The van der Waals surface area contributed by atoms with E-state index in [0.717, 1.165) is 6.54 Å². The number of amides is 1. The fourth-order valence-electron chi connectivity index (χ4n) is 1.92. The molecule has 92 valence electrons. The summed E-state index contributed by atoms with van der Waals surface area (Å²) in [5.74, 6) is -0.441. The predicted octanol–water partition coefficient (Wildman–Crippen LogP) is 1.80. The lowest BCUT2D eigenvalue weighted by atomic mass is 10.1. The Morgan fingerprint density at radius 1 is 1.59 bits per heavy atom. The van der Waals surface area contributed by atoms with Crippen LogP contribution in [0.1, 0.15) is 12.5 Å². The first-order chi connectivity index (χ1) is 8.09. The zero-order valence-corrected chi connectivity index (χ0v) is 10.3. The van der Waals surface area contributed by atoms with Gasteiger partial charge in [0.15, 0.2) is 0 Å². The normalized spacial score (nSPS) is 20.8. The minimum Gasteiger partial charge on any atom is -0.336 e. The number of rotatable bonds is 2. The lowest BCUT2D eigenvalue weighted by Crippen LogP contribution is -2.53. The number of piperazine rings is 1. The summed E-state index contributed by atoms with van der Waals surface area (Å²) in [4.78, 5) is 13.5. The molecule has 2 rings (SSSR count). The predicted molar refractivity (Wildman–Crippen MR) is 64.3 cm³/mol. The van der Waals surface area contributed by atoms with Crippen LogP contribution in [0.15, 0.2) is 18.2 Å². The van der Waals surface area contributed by atoms with Crippen LogP contribution in [-0.4, -0.2) is 29.9 Å². The van der Waals surface area contributed by atoms with E-state index in [1.54, 1.807) is 17.0 Å². The topological polar surface area (TPSA) is 32.3 Å². The van der Waals surface area contributed by atoms with Crippen LogP contribution < -0.4 is 5.32 Å². The van der Waals surface area contributed by atoms with Crippen LogP contribution in [0.5, 0.6) is 0 Å². The Kier molecular flexibility index (Phi) is 3.64. The van der Waals surface area contributed by atoms with Crippen molar-refractivity contribution in [3.05, 3.63) is 34.6 Å². The van der Waals surface area contributed by atoms with Gasteiger partial charge in [-0.05, 0) is 13.0 Å². The van der Waals surface area contributed by atoms with Crippen LogP contribution in [0.25, 0.3) is 0 Å². The largest absolute Gasteiger partial charge is 0.336 e. The molecule has 1 unspecified atom stereocenters. The van der Waals surface area contributed by atoms with Gasteiger partial charge >= 0.3 is 0 Å². The van der Waals surface area contributed by atoms with Crippen LogP contribution in [0.3, 0.4) is 0 Å². The monoisotopic (exact) mass is 256 g/mol. The number of hydrogen-bond acceptors (Lipinski definition) is 2. The number of nitrogens with one attached hydrogen (secondary N) is 1. The highest BCUT2D eigenvalue weighted by Gasteiger charge is 2.25. The fourth-order valence-corrected chi connectivity index (χ4v) is 2.11. The fraction of sp³-hybridized carbons (Fsp3) is 0.417. The summed E-state index contributed by atoms with van der Waals surface area (Å²) in [6, 6.07) is 4.65.